The highest BCUT2D eigenvalue weighted by atomic mass is 16.6. The lowest BCUT2D eigenvalue weighted by atomic mass is 10.0. The number of amides is 1. The van der Waals surface area contributed by atoms with Crippen LogP contribution in [0.2, 0.25) is 0 Å². The standard InChI is InChI=1S/C16H27N3O3/c1-11(10-17-15(21)22-16(3,4)5)7-8-14(20)13-9-12(2)18-19(13)6/h9,11H,7-8,10H2,1-6H3,(H,17,21)/t11-/m0/s1. The molecule has 1 amide bonds. The summed E-state index contributed by atoms with van der Waals surface area (Å²) in [6.45, 7) is 9.83. The zero-order valence-corrected chi connectivity index (χ0v) is 14.4. The summed E-state index contributed by atoms with van der Waals surface area (Å²) >= 11 is 0. The predicted octanol–water partition coefficient (Wildman–Crippen LogP) is 2.85. The molecule has 0 saturated heterocycles. The Hall–Kier alpha value is -1.85. The SMILES string of the molecule is Cc1cc(C(=O)CC[C@H](C)CNC(=O)OC(C)(C)C)n(C)n1. The Morgan fingerprint density at radius 3 is 2.55 bits per heavy atom. The number of ether oxygens (including phenoxy) is 1. The van der Waals surface area contributed by atoms with E-state index in [1.165, 1.54) is 0 Å². The van der Waals surface area contributed by atoms with E-state index in [4.69, 9.17) is 4.74 Å². The van der Waals surface area contributed by atoms with Gasteiger partial charge in [-0.05, 0) is 46.1 Å². The summed E-state index contributed by atoms with van der Waals surface area (Å²) in [7, 11) is 1.77. The van der Waals surface area contributed by atoms with Crippen LogP contribution in [0, 0.1) is 12.8 Å². The van der Waals surface area contributed by atoms with E-state index >= 15 is 0 Å². The summed E-state index contributed by atoms with van der Waals surface area (Å²) in [5.41, 5.74) is 0.969. The molecule has 0 aliphatic rings. The number of nitrogens with one attached hydrogen (secondary N) is 1. The van der Waals surface area contributed by atoms with Gasteiger partial charge in [-0.2, -0.15) is 5.10 Å². The van der Waals surface area contributed by atoms with E-state index in [1.54, 1.807) is 17.8 Å². The topological polar surface area (TPSA) is 73.2 Å². The smallest absolute Gasteiger partial charge is 0.407 e. The van der Waals surface area contributed by atoms with E-state index in [9.17, 15) is 9.59 Å². The largest absolute Gasteiger partial charge is 0.444 e. The first-order valence-corrected chi connectivity index (χ1v) is 7.59. The monoisotopic (exact) mass is 309 g/mol. The first-order valence-electron chi connectivity index (χ1n) is 7.59. The molecule has 0 saturated carbocycles. The third-order valence-electron chi connectivity index (χ3n) is 3.15. The second-order valence-corrected chi connectivity index (χ2v) is 6.74. The van der Waals surface area contributed by atoms with Gasteiger partial charge in [0.25, 0.3) is 0 Å². The summed E-state index contributed by atoms with van der Waals surface area (Å²) in [5, 5.41) is 6.90. The number of carbonyl (C=O) groups excluding carboxylic acids is 2. The van der Waals surface area contributed by atoms with Crippen molar-refractivity contribution in [3.63, 3.8) is 0 Å². The number of aryl methyl sites for hydroxylation is 2. The number of ketones is 1. The molecule has 6 nitrogen and oxygen atoms in total. The van der Waals surface area contributed by atoms with Gasteiger partial charge < -0.3 is 10.1 Å². The second-order valence-electron chi connectivity index (χ2n) is 6.74. The third-order valence-corrected chi connectivity index (χ3v) is 3.15. The Labute approximate surface area is 132 Å². The lowest BCUT2D eigenvalue weighted by Gasteiger charge is -2.20. The fourth-order valence-corrected chi connectivity index (χ4v) is 2.05. The van der Waals surface area contributed by atoms with Gasteiger partial charge in [-0.1, -0.05) is 6.92 Å². The van der Waals surface area contributed by atoms with Crippen LogP contribution in [0.4, 0.5) is 4.79 Å². The number of nitrogens with zero attached hydrogens (tertiary/aromatic N) is 2. The number of alkyl carbamates (subject to hydrolysis) is 1. The van der Waals surface area contributed by atoms with E-state index in [0.29, 0.717) is 25.1 Å². The number of rotatable bonds is 6. The van der Waals surface area contributed by atoms with E-state index in [1.807, 2.05) is 34.6 Å². The molecule has 0 spiro atoms. The molecule has 0 unspecified atom stereocenters. The maximum absolute atomic E-state index is 12.1. The number of hydrogen-bond donors (Lipinski definition) is 1. The van der Waals surface area contributed by atoms with Gasteiger partial charge in [0.15, 0.2) is 5.78 Å². The van der Waals surface area contributed by atoms with Crippen molar-refractivity contribution in [1.29, 1.82) is 0 Å². The Morgan fingerprint density at radius 1 is 1.41 bits per heavy atom. The van der Waals surface area contributed by atoms with Gasteiger partial charge in [-0.15, -0.1) is 0 Å². The van der Waals surface area contributed by atoms with Crippen molar-refractivity contribution < 1.29 is 14.3 Å². The summed E-state index contributed by atoms with van der Waals surface area (Å²) in [6, 6.07) is 1.80. The quantitative estimate of drug-likeness (QED) is 0.820. The molecule has 1 aromatic rings. The molecule has 0 aliphatic carbocycles. The van der Waals surface area contributed by atoms with Crippen LogP contribution < -0.4 is 5.32 Å². The minimum atomic E-state index is -0.499. The van der Waals surface area contributed by atoms with Crippen LogP contribution >= 0.6 is 0 Å². The molecule has 0 fully saturated rings. The van der Waals surface area contributed by atoms with Crippen LogP contribution in [0.5, 0.6) is 0 Å². The average molecular weight is 309 g/mol. The molecule has 1 heterocycles. The number of Topliss-reactive ketones (excluding diaryl/α,β-unsaturated/α-hetero) is 1. The van der Waals surface area contributed by atoms with Gasteiger partial charge in [0.05, 0.1) is 5.69 Å². The third kappa shape index (κ3) is 6.28. The van der Waals surface area contributed by atoms with Crippen molar-refractivity contribution in [2.75, 3.05) is 6.54 Å². The highest BCUT2D eigenvalue weighted by Crippen LogP contribution is 2.12. The van der Waals surface area contributed by atoms with Gasteiger partial charge in [0, 0.05) is 20.0 Å². The van der Waals surface area contributed by atoms with Gasteiger partial charge in [0.1, 0.15) is 11.3 Å². The van der Waals surface area contributed by atoms with E-state index < -0.39 is 11.7 Å². The summed E-state index contributed by atoms with van der Waals surface area (Å²) in [4.78, 5) is 23.7. The summed E-state index contributed by atoms with van der Waals surface area (Å²) in [5.74, 6) is 0.276. The van der Waals surface area contributed by atoms with Crippen LogP contribution in [0.25, 0.3) is 0 Å². The second kappa shape index (κ2) is 7.42. The van der Waals surface area contributed by atoms with Crippen molar-refractivity contribution in [1.82, 2.24) is 15.1 Å². The lowest BCUT2D eigenvalue weighted by molar-refractivity contribution is 0.0520. The fraction of sp³-hybridized carbons (Fsp3) is 0.688. The lowest BCUT2D eigenvalue weighted by Crippen LogP contribution is -2.34. The van der Waals surface area contributed by atoms with Crippen LogP contribution in [-0.2, 0) is 11.8 Å². The molecule has 6 heteroatoms. The molecule has 0 aliphatic heterocycles. The van der Waals surface area contributed by atoms with E-state index in [0.717, 1.165) is 5.69 Å². The van der Waals surface area contributed by atoms with Crippen molar-refractivity contribution in [3.05, 3.63) is 17.5 Å². The molecule has 1 N–H and O–H groups in total. The maximum Gasteiger partial charge on any atom is 0.407 e. The van der Waals surface area contributed by atoms with Crippen LogP contribution in [0.3, 0.4) is 0 Å². The molecular formula is C16H27N3O3. The molecule has 0 aromatic carbocycles. The molecule has 124 valence electrons. The Bertz CT molecular complexity index is 529. The highest BCUT2D eigenvalue weighted by molar-refractivity contribution is 5.94. The zero-order chi connectivity index (χ0) is 16.9. The summed E-state index contributed by atoms with van der Waals surface area (Å²) < 4.78 is 6.79. The van der Waals surface area contributed by atoms with Gasteiger partial charge >= 0.3 is 6.09 Å². The Balaban J connectivity index is 2.34. The highest BCUT2D eigenvalue weighted by Gasteiger charge is 2.17. The Kier molecular flexibility index (Phi) is 6.14. The van der Waals surface area contributed by atoms with Gasteiger partial charge in [0.2, 0.25) is 0 Å². The summed E-state index contributed by atoms with van der Waals surface area (Å²) in [6.07, 6.45) is 0.725. The number of aromatic nitrogens is 2. The molecule has 1 aromatic heterocycles. The molecular weight excluding hydrogens is 282 g/mol. The first-order chi connectivity index (χ1) is 10.1. The molecule has 1 rings (SSSR count). The van der Waals surface area contributed by atoms with Crippen molar-refractivity contribution >= 4 is 11.9 Å². The fourth-order valence-electron chi connectivity index (χ4n) is 2.05. The zero-order valence-electron chi connectivity index (χ0n) is 14.4. The van der Waals surface area contributed by atoms with Crippen LogP contribution in [-0.4, -0.2) is 33.8 Å². The number of hydrogen-bond acceptors (Lipinski definition) is 4. The van der Waals surface area contributed by atoms with Crippen molar-refractivity contribution in [3.8, 4) is 0 Å². The number of carbonyl (C=O) groups is 2. The molecule has 22 heavy (non-hydrogen) atoms. The Morgan fingerprint density at radius 2 is 2.05 bits per heavy atom. The van der Waals surface area contributed by atoms with Gasteiger partial charge in [-0.25, -0.2) is 4.79 Å². The first kappa shape index (κ1) is 18.2. The maximum atomic E-state index is 12.1. The normalized spacial score (nSPS) is 12.8. The predicted molar refractivity (Wildman–Crippen MR) is 84.9 cm³/mol. The van der Waals surface area contributed by atoms with Crippen molar-refractivity contribution in [2.45, 2.75) is 53.1 Å². The molecule has 1 atom stereocenters. The minimum absolute atomic E-state index is 0.0761. The molecule has 0 radical (unpaired) electrons. The van der Waals surface area contributed by atoms with E-state index in [-0.39, 0.29) is 11.7 Å². The van der Waals surface area contributed by atoms with Gasteiger partial charge in [-0.3, -0.25) is 9.48 Å². The van der Waals surface area contributed by atoms with Crippen LogP contribution in [0.15, 0.2) is 6.07 Å². The average Bonchev–Trinajstić information content (AvgIpc) is 2.70. The molecule has 0 bridgehead atoms. The van der Waals surface area contributed by atoms with E-state index in [2.05, 4.69) is 10.4 Å². The van der Waals surface area contributed by atoms with Crippen LogP contribution in [0.1, 0.15) is 56.7 Å². The van der Waals surface area contributed by atoms with Crippen molar-refractivity contribution in [2.24, 2.45) is 13.0 Å². The minimum Gasteiger partial charge on any atom is -0.444 e.